The number of para-hydroxylation sites is 1. The van der Waals surface area contributed by atoms with Crippen LogP contribution in [0.5, 0.6) is 0 Å². The minimum Gasteiger partial charge on any atom is -0.368 e. The number of carbonyl (C=O) groups excluding carboxylic acids is 1. The number of hydrogen-bond donors (Lipinski definition) is 0. The van der Waals surface area contributed by atoms with E-state index in [1.165, 1.54) is 4.31 Å². The first-order valence-corrected chi connectivity index (χ1v) is 13.1. The van der Waals surface area contributed by atoms with Gasteiger partial charge in [-0.25, -0.2) is 8.42 Å². The summed E-state index contributed by atoms with van der Waals surface area (Å²) in [5, 5.41) is 0. The molecule has 3 aromatic rings. The summed E-state index contributed by atoms with van der Waals surface area (Å²) in [6.07, 6.45) is 0.388. The van der Waals surface area contributed by atoms with Crippen molar-refractivity contribution in [2.75, 3.05) is 31.1 Å². The van der Waals surface area contributed by atoms with E-state index in [9.17, 15) is 13.2 Å². The third-order valence-corrected chi connectivity index (χ3v) is 8.70. The minimum absolute atomic E-state index is 0.113. The lowest BCUT2D eigenvalue weighted by Crippen LogP contribution is -2.57. The molecular weight excluding hydrogens is 446 g/mol. The van der Waals surface area contributed by atoms with E-state index in [0.29, 0.717) is 19.5 Å². The second-order valence-corrected chi connectivity index (χ2v) is 10.9. The normalized spacial score (nSPS) is 19.0. The summed E-state index contributed by atoms with van der Waals surface area (Å²) in [4.78, 5) is 18.1. The van der Waals surface area contributed by atoms with Gasteiger partial charge in [-0.15, -0.1) is 0 Å². The Morgan fingerprint density at radius 1 is 0.794 bits per heavy atom. The molecule has 1 fully saturated rings. The van der Waals surface area contributed by atoms with Crippen LogP contribution < -0.4 is 4.90 Å². The van der Waals surface area contributed by atoms with Gasteiger partial charge in [-0.1, -0.05) is 60.2 Å². The van der Waals surface area contributed by atoms with Crippen LogP contribution in [0.3, 0.4) is 0 Å². The van der Waals surface area contributed by atoms with Crippen molar-refractivity contribution in [1.29, 1.82) is 0 Å². The Hall–Kier alpha value is -3.16. The van der Waals surface area contributed by atoms with Crippen LogP contribution in [0.25, 0.3) is 0 Å². The molecule has 176 valence electrons. The van der Waals surface area contributed by atoms with Crippen LogP contribution in [-0.4, -0.2) is 55.8 Å². The average Bonchev–Trinajstić information content (AvgIpc) is 2.88. The first-order valence-electron chi connectivity index (χ1n) is 11.7. The van der Waals surface area contributed by atoms with Crippen molar-refractivity contribution < 1.29 is 13.2 Å². The Kier molecular flexibility index (Phi) is 6.15. The van der Waals surface area contributed by atoms with Gasteiger partial charge >= 0.3 is 0 Å². The second kappa shape index (κ2) is 9.24. The molecule has 0 N–H and O–H groups in total. The largest absolute Gasteiger partial charge is 0.368 e. The Morgan fingerprint density at radius 3 is 2.09 bits per heavy atom. The molecule has 6 nitrogen and oxygen atoms in total. The second-order valence-electron chi connectivity index (χ2n) is 9.00. The summed E-state index contributed by atoms with van der Waals surface area (Å²) in [7, 11) is -3.83. The number of benzene rings is 3. The number of aryl methyl sites for hydroxylation is 1. The monoisotopic (exact) mass is 475 g/mol. The van der Waals surface area contributed by atoms with Gasteiger partial charge in [-0.2, -0.15) is 4.31 Å². The summed E-state index contributed by atoms with van der Waals surface area (Å²) in [5.41, 5.74) is 4.13. The van der Waals surface area contributed by atoms with Crippen LogP contribution in [0.15, 0.2) is 83.8 Å². The van der Waals surface area contributed by atoms with E-state index in [2.05, 4.69) is 17.0 Å². The van der Waals surface area contributed by atoms with Gasteiger partial charge in [0.25, 0.3) is 0 Å². The quantitative estimate of drug-likeness (QED) is 0.580. The number of piperazine rings is 1. The van der Waals surface area contributed by atoms with Crippen molar-refractivity contribution in [2.24, 2.45) is 0 Å². The number of fused-ring (bicyclic) bond motifs is 1. The zero-order valence-electron chi connectivity index (χ0n) is 19.3. The van der Waals surface area contributed by atoms with Gasteiger partial charge in [0.1, 0.15) is 6.04 Å². The predicted octanol–water partition coefficient (Wildman–Crippen LogP) is 3.46. The number of carbonyl (C=O) groups is 1. The first-order chi connectivity index (χ1) is 16.4. The van der Waals surface area contributed by atoms with Crippen molar-refractivity contribution >= 4 is 21.6 Å². The first kappa shape index (κ1) is 22.6. The lowest BCUT2D eigenvalue weighted by atomic mass is 9.95. The summed E-state index contributed by atoms with van der Waals surface area (Å²) < 4.78 is 28.8. The number of anilines is 1. The number of hydrogen-bond acceptors (Lipinski definition) is 4. The van der Waals surface area contributed by atoms with Gasteiger partial charge in [-0.3, -0.25) is 4.79 Å². The molecule has 5 rings (SSSR count). The molecule has 0 saturated carbocycles. The highest BCUT2D eigenvalue weighted by Crippen LogP contribution is 2.30. The molecule has 1 saturated heterocycles. The molecule has 0 aromatic heterocycles. The molecule has 1 amide bonds. The molecule has 0 bridgehead atoms. The Labute approximate surface area is 201 Å². The number of amides is 1. The van der Waals surface area contributed by atoms with Gasteiger partial charge in [-0.05, 0) is 48.7 Å². The highest BCUT2D eigenvalue weighted by molar-refractivity contribution is 7.89. The van der Waals surface area contributed by atoms with Gasteiger partial charge in [0.15, 0.2) is 0 Å². The van der Waals surface area contributed by atoms with E-state index in [1.807, 2.05) is 54.3 Å². The van der Waals surface area contributed by atoms with E-state index >= 15 is 0 Å². The van der Waals surface area contributed by atoms with Crippen LogP contribution in [0.2, 0.25) is 0 Å². The predicted molar refractivity (Wildman–Crippen MR) is 133 cm³/mol. The zero-order valence-corrected chi connectivity index (χ0v) is 20.1. The van der Waals surface area contributed by atoms with Crippen molar-refractivity contribution in [3.63, 3.8) is 0 Å². The number of rotatable bonds is 4. The van der Waals surface area contributed by atoms with Gasteiger partial charge in [0, 0.05) is 38.4 Å². The molecule has 1 atom stereocenters. The van der Waals surface area contributed by atoms with Gasteiger partial charge < -0.3 is 9.80 Å². The Morgan fingerprint density at radius 2 is 1.41 bits per heavy atom. The number of sulfonamides is 1. The zero-order chi connectivity index (χ0) is 23.7. The van der Waals surface area contributed by atoms with Crippen LogP contribution in [0.4, 0.5) is 5.69 Å². The van der Waals surface area contributed by atoms with E-state index < -0.39 is 16.1 Å². The summed E-state index contributed by atoms with van der Waals surface area (Å²) in [6.45, 7) is 4.73. The third kappa shape index (κ3) is 4.33. The van der Waals surface area contributed by atoms with Gasteiger partial charge in [0.05, 0.1) is 4.90 Å². The highest BCUT2D eigenvalue weighted by Gasteiger charge is 2.41. The van der Waals surface area contributed by atoms with Crippen molar-refractivity contribution in [2.45, 2.75) is 30.8 Å². The Bertz CT molecular complexity index is 1270. The van der Waals surface area contributed by atoms with Crippen molar-refractivity contribution in [1.82, 2.24) is 9.21 Å². The van der Waals surface area contributed by atoms with E-state index in [4.69, 9.17) is 0 Å². The van der Waals surface area contributed by atoms with Crippen LogP contribution in [0.1, 0.15) is 16.7 Å². The minimum atomic E-state index is -3.83. The third-order valence-electron chi connectivity index (χ3n) is 6.83. The maximum atomic E-state index is 13.7. The van der Waals surface area contributed by atoms with Crippen molar-refractivity contribution in [3.8, 4) is 0 Å². The maximum absolute atomic E-state index is 13.7. The molecule has 2 aliphatic heterocycles. The van der Waals surface area contributed by atoms with Crippen LogP contribution in [0, 0.1) is 6.92 Å². The smallest absolute Gasteiger partial charge is 0.244 e. The maximum Gasteiger partial charge on any atom is 0.244 e. The molecule has 2 aliphatic rings. The highest BCUT2D eigenvalue weighted by atomic mass is 32.2. The molecule has 0 aliphatic carbocycles. The fraction of sp³-hybridized carbons (Fsp3) is 0.296. The van der Waals surface area contributed by atoms with E-state index in [0.717, 1.165) is 35.5 Å². The molecule has 0 radical (unpaired) electrons. The molecular formula is C27H29N3O3S. The SMILES string of the molecule is Cc1ccc(S(=O)(=O)N2Cc3ccccc3C[C@@H]2C(=O)N2CCN(c3ccccc3)CC2)cc1. The number of nitrogens with zero attached hydrogens (tertiary/aromatic N) is 3. The summed E-state index contributed by atoms with van der Waals surface area (Å²) in [5.74, 6) is -0.113. The fourth-order valence-corrected chi connectivity index (χ4v) is 6.40. The Balaban J connectivity index is 1.41. The standard InChI is InChI=1S/C27H29N3O3S/c1-21-11-13-25(14-12-21)34(32,33)30-20-23-8-6-5-7-22(23)19-26(30)27(31)29-17-15-28(16-18-29)24-9-3-2-4-10-24/h2-14,26H,15-20H2,1H3/t26-/m1/s1. The van der Waals surface area contributed by atoms with E-state index in [1.54, 1.807) is 24.3 Å². The molecule has 0 unspecified atom stereocenters. The van der Waals surface area contributed by atoms with Crippen molar-refractivity contribution in [3.05, 3.63) is 95.6 Å². The molecule has 2 heterocycles. The lowest BCUT2D eigenvalue weighted by molar-refractivity contribution is -0.136. The fourth-order valence-electron chi connectivity index (χ4n) is 4.84. The molecule has 0 spiro atoms. The topological polar surface area (TPSA) is 60.9 Å². The molecule has 7 heteroatoms. The lowest BCUT2D eigenvalue weighted by Gasteiger charge is -2.41. The molecule has 34 heavy (non-hydrogen) atoms. The van der Waals surface area contributed by atoms with Gasteiger partial charge in [0.2, 0.25) is 15.9 Å². The van der Waals surface area contributed by atoms with E-state index in [-0.39, 0.29) is 17.3 Å². The summed E-state index contributed by atoms with van der Waals surface area (Å²) >= 11 is 0. The molecule has 3 aromatic carbocycles. The summed E-state index contributed by atoms with van der Waals surface area (Å²) in [6, 6.07) is 24.1. The average molecular weight is 476 g/mol. The van der Waals surface area contributed by atoms with Crippen LogP contribution in [-0.2, 0) is 27.8 Å². The van der Waals surface area contributed by atoms with Crippen LogP contribution >= 0.6 is 0 Å².